The lowest BCUT2D eigenvalue weighted by atomic mass is 9.98. The number of furan rings is 1. The van der Waals surface area contributed by atoms with Crippen LogP contribution in [-0.4, -0.2) is 43.5 Å². The molecule has 2 aromatic rings. The fourth-order valence-electron chi connectivity index (χ4n) is 3.06. The molecule has 2 atom stereocenters. The van der Waals surface area contributed by atoms with E-state index in [0.717, 1.165) is 12.8 Å². The number of likely N-dealkylation sites (tertiary alicyclic amines) is 1. The normalized spacial score (nSPS) is 21.6. The maximum absolute atomic E-state index is 12.5. The zero-order valence-corrected chi connectivity index (χ0v) is 14.1. The topological polar surface area (TPSA) is 90.2 Å². The molecule has 0 aromatic carbocycles. The van der Waals surface area contributed by atoms with Crippen molar-refractivity contribution in [3.05, 3.63) is 18.4 Å². The van der Waals surface area contributed by atoms with Crippen LogP contribution in [0.3, 0.4) is 0 Å². The van der Waals surface area contributed by atoms with Crippen molar-refractivity contribution in [3.63, 3.8) is 0 Å². The number of nitrogen functional groups attached to an aromatic ring is 1. The largest absolute Gasteiger partial charge is 0.461 e. The van der Waals surface area contributed by atoms with Gasteiger partial charge in [0.15, 0.2) is 5.76 Å². The lowest BCUT2D eigenvalue weighted by Crippen LogP contribution is -2.48. The van der Waals surface area contributed by atoms with Gasteiger partial charge < -0.3 is 15.2 Å². The Kier molecular flexibility index (Phi) is 4.61. The number of carbonyl (C=O) groups excluding carboxylic acids is 1. The van der Waals surface area contributed by atoms with Crippen LogP contribution in [0, 0.1) is 0 Å². The third kappa shape index (κ3) is 3.21. The Balaban J connectivity index is 1.65. The molecule has 23 heavy (non-hydrogen) atoms. The van der Waals surface area contributed by atoms with Crippen LogP contribution in [0.5, 0.6) is 0 Å². The maximum atomic E-state index is 12.5. The molecule has 1 fully saturated rings. The van der Waals surface area contributed by atoms with Crippen molar-refractivity contribution < 1.29 is 9.21 Å². The predicted molar refractivity (Wildman–Crippen MR) is 88.2 cm³/mol. The minimum absolute atomic E-state index is 0.122. The summed E-state index contributed by atoms with van der Waals surface area (Å²) in [4.78, 5) is 14.5. The summed E-state index contributed by atoms with van der Waals surface area (Å²) in [5.41, 5.74) is 0. The second-order valence-electron chi connectivity index (χ2n) is 5.87. The molecular formula is C15H21N5O2S. The van der Waals surface area contributed by atoms with Crippen molar-refractivity contribution in [2.75, 3.05) is 11.6 Å². The number of carbonyl (C=O) groups is 1. The Morgan fingerprint density at radius 2 is 2.13 bits per heavy atom. The Labute approximate surface area is 139 Å². The molecule has 0 saturated carbocycles. The molecule has 0 aliphatic carbocycles. The molecule has 0 radical (unpaired) electrons. The van der Waals surface area contributed by atoms with E-state index in [1.165, 1.54) is 22.9 Å². The number of hydrogen-bond acceptors (Lipinski definition) is 6. The van der Waals surface area contributed by atoms with E-state index in [2.05, 4.69) is 24.0 Å². The van der Waals surface area contributed by atoms with Crippen LogP contribution in [0.4, 0.5) is 0 Å². The van der Waals surface area contributed by atoms with Crippen molar-refractivity contribution in [1.82, 2.24) is 19.8 Å². The molecule has 1 aliphatic heterocycles. The highest BCUT2D eigenvalue weighted by atomic mass is 32.2. The third-order valence-electron chi connectivity index (χ3n) is 4.21. The van der Waals surface area contributed by atoms with E-state index in [-0.39, 0.29) is 5.91 Å². The number of piperidine rings is 1. The number of aromatic nitrogens is 3. The molecule has 2 N–H and O–H groups in total. The van der Waals surface area contributed by atoms with E-state index in [4.69, 9.17) is 10.3 Å². The van der Waals surface area contributed by atoms with Gasteiger partial charge in [0.2, 0.25) is 16.9 Å². The van der Waals surface area contributed by atoms with Crippen molar-refractivity contribution >= 4 is 17.7 Å². The summed E-state index contributed by atoms with van der Waals surface area (Å²) in [6, 6.07) is 4.12. The van der Waals surface area contributed by atoms with Crippen LogP contribution in [-0.2, 0) is 4.79 Å². The van der Waals surface area contributed by atoms with Crippen molar-refractivity contribution in [2.24, 2.45) is 0 Å². The summed E-state index contributed by atoms with van der Waals surface area (Å²) in [6.07, 6.45) is 4.87. The number of hydrogen-bond donors (Lipinski definition) is 1. The quantitative estimate of drug-likeness (QED) is 0.680. The van der Waals surface area contributed by atoms with Crippen molar-refractivity contribution in [3.8, 4) is 11.6 Å². The summed E-state index contributed by atoms with van der Waals surface area (Å²) in [5, 5.41) is 8.58. The minimum atomic E-state index is 0.122. The van der Waals surface area contributed by atoms with Crippen molar-refractivity contribution in [1.29, 1.82) is 0 Å². The first-order valence-corrected chi connectivity index (χ1v) is 8.75. The molecule has 1 amide bonds. The van der Waals surface area contributed by atoms with E-state index in [9.17, 15) is 4.79 Å². The van der Waals surface area contributed by atoms with Gasteiger partial charge in [-0.2, -0.15) is 0 Å². The highest BCUT2D eigenvalue weighted by Crippen LogP contribution is 2.26. The van der Waals surface area contributed by atoms with Crippen LogP contribution < -0.4 is 5.84 Å². The smallest absolute Gasteiger partial charge is 0.233 e. The van der Waals surface area contributed by atoms with Gasteiger partial charge in [-0.3, -0.25) is 4.79 Å². The minimum Gasteiger partial charge on any atom is -0.461 e. The zero-order valence-electron chi connectivity index (χ0n) is 13.3. The van der Waals surface area contributed by atoms with Gasteiger partial charge in [-0.05, 0) is 45.2 Å². The summed E-state index contributed by atoms with van der Waals surface area (Å²) < 4.78 is 6.64. The van der Waals surface area contributed by atoms with E-state index in [1.807, 2.05) is 4.90 Å². The number of amides is 1. The number of thioether (sulfide) groups is 1. The van der Waals surface area contributed by atoms with E-state index >= 15 is 0 Å². The fourth-order valence-corrected chi connectivity index (χ4v) is 3.79. The Morgan fingerprint density at radius 3 is 2.78 bits per heavy atom. The molecular weight excluding hydrogens is 314 g/mol. The molecule has 0 spiro atoms. The average molecular weight is 335 g/mol. The van der Waals surface area contributed by atoms with Gasteiger partial charge in [-0.15, -0.1) is 10.2 Å². The molecule has 0 bridgehead atoms. The average Bonchev–Trinajstić information content (AvgIpc) is 3.14. The fraction of sp³-hybridized carbons (Fsp3) is 0.533. The van der Waals surface area contributed by atoms with Gasteiger partial charge in [0.1, 0.15) is 0 Å². The predicted octanol–water partition coefficient (Wildman–Crippen LogP) is 2.13. The van der Waals surface area contributed by atoms with Gasteiger partial charge in [0.25, 0.3) is 0 Å². The Bertz CT molecular complexity index is 659. The highest BCUT2D eigenvalue weighted by molar-refractivity contribution is 7.99. The zero-order chi connectivity index (χ0) is 16.4. The van der Waals surface area contributed by atoms with Crippen LogP contribution in [0.2, 0.25) is 0 Å². The highest BCUT2D eigenvalue weighted by Gasteiger charge is 2.29. The monoisotopic (exact) mass is 335 g/mol. The molecule has 2 aromatic heterocycles. The standard InChI is InChI=1S/C15H21N5O2S/c1-10-5-3-6-11(2)19(10)13(21)9-23-15-18-17-14(20(15)16)12-7-4-8-22-12/h4,7-8,10-11H,3,5-6,9,16H2,1-2H3/t10-,11+. The molecule has 124 valence electrons. The van der Waals surface area contributed by atoms with Gasteiger partial charge in [0.05, 0.1) is 12.0 Å². The van der Waals surface area contributed by atoms with Gasteiger partial charge in [-0.25, -0.2) is 4.68 Å². The SMILES string of the molecule is C[C@@H]1CCC[C@H](C)N1C(=O)CSc1nnc(-c2ccco2)n1N. The summed E-state index contributed by atoms with van der Waals surface area (Å²) in [7, 11) is 0. The number of nitrogens with two attached hydrogens (primary N) is 1. The first kappa shape index (κ1) is 15.9. The molecule has 7 nitrogen and oxygen atoms in total. The lowest BCUT2D eigenvalue weighted by molar-refractivity contribution is -0.134. The number of rotatable bonds is 4. The van der Waals surface area contributed by atoms with Gasteiger partial charge in [-0.1, -0.05) is 11.8 Å². The summed E-state index contributed by atoms with van der Waals surface area (Å²) in [6.45, 7) is 4.22. The molecule has 1 aliphatic rings. The summed E-state index contributed by atoms with van der Waals surface area (Å²) in [5.74, 6) is 7.43. The van der Waals surface area contributed by atoms with Crippen LogP contribution >= 0.6 is 11.8 Å². The maximum Gasteiger partial charge on any atom is 0.233 e. The molecule has 1 saturated heterocycles. The second kappa shape index (κ2) is 6.66. The molecule has 8 heteroatoms. The molecule has 3 heterocycles. The Morgan fingerprint density at radius 1 is 1.39 bits per heavy atom. The second-order valence-corrected chi connectivity index (χ2v) is 6.81. The van der Waals surface area contributed by atoms with Crippen LogP contribution in [0.1, 0.15) is 33.1 Å². The van der Waals surface area contributed by atoms with Crippen LogP contribution in [0.15, 0.2) is 28.0 Å². The lowest BCUT2D eigenvalue weighted by Gasteiger charge is -2.39. The van der Waals surface area contributed by atoms with E-state index in [0.29, 0.717) is 34.6 Å². The van der Waals surface area contributed by atoms with E-state index in [1.54, 1.807) is 18.4 Å². The summed E-state index contributed by atoms with van der Waals surface area (Å²) >= 11 is 1.30. The Hall–Kier alpha value is -1.96. The third-order valence-corrected chi connectivity index (χ3v) is 5.14. The van der Waals surface area contributed by atoms with Crippen LogP contribution in [0.25, 0.3) is 11.6 Å². The molecule has 0 unspecified atom stereocenters. The van der Waals surface area contributed by atoms with Gasteiger partial charge >= 0.3 is 0 Å². The van der Waals surface area contributed by atoms with Crippen molar-refractivity contribution in [2.45, 2.75) is 50.4 Å². The van der Waals surface area contributed by atoms with Gasteiger partial charge in [0, 0.05) is 12.1 Å². The first-order valence-electron chi connectivity index (χ1n) is 7.76. The van der Waals surface area contributed by atoms with E-state index < -0.39 is 0 Å². The number of nitrogens with zero attached hydrogens (tertiary/aromatic N) is 4. The first-order chi connectivity index (χ1) is 11.1. The molecule has 3 rings (SSSR count).